The van der Waals surface area contributed by atoms with Crippen LogP contribution in [-0.4, -0.2) is 32.3 Å². The zero-order chi connectivity index (χ0) is 15.8. The lowest BCUT2D eigenvalue weighted by atomic mass is 10.1. The van der Waals surface area contributed by atoms with Crippen LogP contribution in [0.15, 0.2) is 24.3 Å². The van der Waals surface area contributed by atoms with Gasteiger partial charge in [0.2, 0.25) is 5.82 Å². The van der Waals surface area contributed by atoms with Crippen molar-refractivity contribution in [3.63, 3.8) is 0 Å². The molecule has 0 saturated carbocycles. The summed E-state index contributed by atoms with van der Waals surface area (Å²) in [6.07, 6.45) is -5.89. The highest BCUT2D eigenvalue weighted by molar-refractivity contribution is 5.96. The summed E-state index contributed by atoms with van der Waals surface area (Å²) in [7, 11) is 0. The lowest BCUT2D eigenvalue weighted by Crippen LogP contribution is -2.36. The van der Waals surface area contributed by atoms with Gasteiger partial charge in [0, 0.05) is 0 Å². The van der Waals surface area contributed by atoms with Crippen molar-refractivity contribution in [1.29, 1.82) is 0 Å². The molecule has 1 heterocycles. The molecule has 1 aromatic heterocycles. The number of halogens is 5. The summed E-state index contributed by atoms with van der Waals surface area (Å²) < 4.78 is 64.1. The fourth-order valence-electron chi connectivity index (χ4n) is 1.54. The van der Waals surface area contributed by atoms with Gasteiger partial charge >= 0.3 is 12.1 Å². The molecule has 1 amide bonds. The van der Waals surface area contributed by atoms with Crippen LogP contribution in [0.5, 0.6) is 0 Å². The first-order valence-electron chi connectivity index (χ1n) is 5.29. The van der Waals surface area contributed by atoms with Crippen molar-refractivity contribution >= 4 is 5.91 Å². The number of aromatic nitrogens is 4. The molecular formula is C10H6F5N5O. The second-order valence-corrected chi connectivity index (χ2v) is 3.87. The molecule has 0 unspecified atom stereocenters. The van der Waals surface area contributed by atoms with Crippen LogP contribution in [-0.2, 0) is 5.92 Å². The van der Waals surface area contributed by atoms with Crippen molar-refractivity contribution in [3.05, 3.63) is 35.7 Å². The van der Waals surface area contributed by atoms with Crippen molar-refractivity contribution in [3.8, 4) is 5.69 Å². The molecule has 0 radical (unpaired) electrons. The van der Waals surface area contributed by atoms with Crippen molar-refractivity contribution in [2.75, 3.05) is 0 Å². The van der Waals surface area contributed by atoms with Gasteiger partial charge in [0.15, 0.2) is 0 Å². The average molecular weight is 307 g/mol. The predicted octanol–water partition coefficient (Wildman–Crippen LogP) is 1.42. The minimum atomic E-state index is -5.89. The molecule has 0 aliphatic rings. The van der Waals surface area contributed by atoms with E-state index in [-0.39, 0.29) is 15.9 Å². The molecule has 0 aliphatic carbocycles. The molecule has 0 spiro atoms. The number of amides is 1. The molecule has 0 atom stereocenters. The summed E-state index contributed by atoms with van der Waals surface area (Å²) in [5.74, 6) is -8.08. The van der Waals surface area contributed by atoms with Crippen LogP contribution < -0.4 is 5.73 Å². The SMILES string of the molecule is NC(=O)c1ccccc1-n1nnnc1C(F)(F)C(F)(F)F. The van der Waals surface area contributed by atoms with Gasteiger partial charge in [0.25, 0.3) is 5.91 Å². The third kappa shape index (κ3) is 2.41. The Morgan fingerprint density at radius 2 is 1.76 bits per heavy atom. The number of nitrogens with two attached hydrogens (primary N) is 1. The molecule has 1 aromatic carbocycles. The van der Waals surface area contributed by atoms with E-state index in [1.807, 2.05) is 0 Å². The minimum absolute atomic E-state index is 0.133. The molecule has 2 N–H and O–H groups in total. The Balaban J connectivity index is 2.65. The van der Waals surface area contributed by atoms with Gasteiger partial charge in [-0.2, -0.15) is 26.6 Å². The van der Waals surface area contributed by atoms with Crippen molar-refractivity contribution < 1.29 is 26.7 Å². The Morgan fingerprint density at radius 1 is 1.14 bits per heavy atom. The van der Waals surface area contributed by atoms with Crippen LogP contribution in [0, 0.1) is 0 Å². The number of para-hydroxylation sites is 1. The smallest absolute Gasteiger partial charge is 0.366 e. The van der Waals surface area contributed by atoms with Gasteiger partial charge in [0.1, 0.15) is 0 Å². The zero-order valence-electron chi connectivity index (χ0n) is 9.97. The van der Waals surface area contributed by atoms with Gasteiger partial charge in [-0.15, -0.1) is 5.10 Å². The van der Waals surface area contributed by atoms with Gasteiger partial charge in [-0.1, -0.05) is 12.1 Å². The van der Waals surface area contributed by atoms with Gasteiger partial charge in [-0.05, 0) is 22.6 Å². The Morgan fingerprint density at radius 3 is 2.33 bits per heavy atom. The highest BCUT2D eigenvalue weighted by atomic mass is 19.4. The molecular weight excluding hydrogens is 301 g/mol. The quantitative estimate of drug-likeness (QED) is 0.869. The van der Waals surface area contributed by atoms with Crippen LogP contribution in [0.4, 0.5) is 22.0 Å². The monoisotopic (exact) mass is 307 g/mol. The number of alkyl halides is 5. The minimum Gasteiger partial charge on any atom is -0.366 e. The molecule has 0 bridgehead atoms. The molecule has 0 fully saturated rings. The average Bonchev–Trinajstić information content (AvgIpc) is 2.86. The highest BCUT2D eigenvalue weighted by Gasteiger charge is 2.62. The summed E-state index contributed by atoms with van der Waals surface area (Å²) in [5.41, 5.74) is 4.35. The second kappa shape index (κ2) is 4.75. The van der Waals surface area contributed by atoms with Crippen LogP contribution in [0.2, 0.25) is 0 Å². The molecule has 11 heteroatoms. The first kappa shape index (κ1) is 14.8. The van der Waals surface area contributed by atoms with Crippen LogP contribution in [0.25, 0.3) is 5.69 Å². The van der Waals surface area contributed by atoms with Gasteiger partial charge < -0.3 is 5.73 Å². The normalized spacial score (nSPS) is 12.4. The Kier molecular flexibility index (Phi) is 3.35. The van der Waals surface area contributed by atoms with Gasteiger partial charge in [0.05, 0.1) is 11.3 Å². The standard InChI is InChI=1S/C10H6F5N5O/c11-9(12,10(13,14)15)8-17-18-19-20(8)6-4-2-1-3-5(6)7(16)21/h1-4H,(H2,16,21). The third-order valence-corrected chi connectivity index (χ3v) is 2.50. The Bertz CT molecular complexity index is 680. The van der Waals surface area contributed by atoms with Crippen LogP contribution in [0.3, 0.4) is 0 Å². The van der Waals surface area contributed by atoms with Gasteiger partial charge in [-0.3, -0.25) is 4.79 Å². The largest absolute Gasteiger partial charge is 0.461 e. The zero-order valence-corrected chi connectivity index (χ0v) is 9.97. The van der Waals surface area contributed by atoms with E-state index in [9.17, 15) is 26.7 Å². The third-order valence-electron chi connectivity index (χ3n) is 2.50. The van der Waals surface area contributed by atoms with Crippen LogP contribution >= 0.6 is 0 Å². The van der Waals surface area contributed by atoms with Crippen LogP contribution in [0.1, 0.15) is 16.2 Å². The van der Waals surface area contributed by atoms with E-state index in [0.717, 1.165) is 12.1 Å². The van der Waals surface area contributed by atoms with E-state index in [4.69, 9.17) is 5.73 Å². The Labute approximate surface area is 113 Å². The summed E-state index contributed by atoms with van der Waals surface area (Å²) >= 11 is 0. The summed E-state index contributed by atoms with van der Waals surface area (Å²) in [6.45, 7) is 0. The van der Waals surface area contributed by atoms with E-state index >= 15 is 0 Å². The fourth-order valence-corrected chi connectivity index (χ4v) is 1.54. The number of benzene rings is 1. The maximum atomic E-state index is 13.4. The van der Waals surface area contributed by atoms with E-state index in [1.165, 1.54) is 12.1 Å². The maximum Gasteiger partial charge on any atom is 0.461 e. The number of hydrogen-bond acceptors (Lipinski definition) is 4. The molecule has 2 rings (SSSR count). The first-order chi connectivity index (χ1) is 9.66. The highest BCUT2D eigenvalue weighted by Crippen LogP contribution is 2.43. The molecule has 2 aromatic rings. The lowest BCUT2D eigenvalue weighted by Gasteiger charge is -2.18. The molecule has 6 nitrogen and oxygen atoms in total. The molecule has 0 saturated heterocycles. The number of rotatable bonds is 3. The summed E-state index contributed by atoms with van der Waals surface area (Å²) in [6, 6.07) is 4.90. The summed E-state index contributed by atoms with van der Waals surface area (Å²) in [5, 5.41) is 8.60. The Hall–Kier alpha value is -2.59. The number of carbonyl (C=O) groups is 1. The number of hydrogen-bond donors (Lipinski definition) is 1. The molecule has 112 valence electrons. The molecule has 0 aliphatic heterocycles. The number of tetrazole rings is 1. The number of nitrogens with zero attached hydrogens (tertiary/aromatic N) is 4. The van der Waals surface area contributed by atoms with E-state index in [1.54, 1.807) is 0 Å². The van der Waals surface area contributed by atoms with Crippen molar-refractivity contribution in [1.82, 2.24) is 20.2 Å². The van der Waals surface area contributed by atoms with E-state index in [0.29, 0.717) is 0 Å². The number of primary amides is 1. The van der Waals surface area contributed by atoms with Gasteiger partial charge in [-0.25, -0.2) is 0 Å². The predicted molar refractivity (Wildman–Crippen MR) is 57.6 cm³/mol. The van der Waals surface area contributed by atoms with Crippen molar-refractivity contribution in [2.45, 2.75) is 12.1 Å². The topological polar surface area (TPSA) is 86.7 Å². The van der Waals surface area contributed by atoms with Crippen molar-refractivity contribution in [2.24, 2.45) is 5.73 Å². The second-order valence-electron chi connectivity index (χ2n) is 3.87. The summed E-state index contributed by atoms with van der Waals surface area (Å²) in [4.78, 5) is 11.2. The van der Waals surface area contributed by atoms with E-state index in [2.05, 4.69) is 15.5 Å². The lowest BCUT2D eigenvalue weighted by molar-refractivity contribution is -0.293. The fraction of sp³-hybridized carbons (Fsp3) is 0.200. The maximum absolute atomic E-state index is 13.4. The number of carbonyl (C=O) groups excluding carboxylic acids is 1. The molecule has 21 heavy (non-hydrogen) atoms. The van der Waals surface area contributed by atoms with E-state index < -0.39 is 23.8 Å². The first-order valence-corrected chi connectivity index (χ1v) is 5.29.